The number of rotatable bonds is 6. The zero-order chi connectivity index (χ0) is 27.9. The molecule has 0 fully saturated rings. The fourth-order valence-corrected chi connectivity index (χ4v) is 5.04. The van der Waals surface area contributed by atoms with Crippen LogP contribution in [0.4, 0.5) is 10.9 Å². The van der Waals surface area contributed by atoms with Gasteiger partial charge in [0.15, 0.2) is 0 Å². The van der Waals surface area contributed by atoms with E-state index in [4.69, 9.17) is 14.7 Å². The molecule has 0 radical (unpaired) electrons. The van der Waals surface area contributed by atoms with Crippen LogP contribution in [0.2, 0.25) is 0 Å². The van der Waals surface area contributed by atoms with Gasteiger partial charge in [0.1, 0.15) is 11.3 Å². The molecule has 1 unspecified atom stereocenters. The lowest BCUT2D eigenvalue weighted by atomic mass is 9.70. The van der Waals surface area contributed by atoms with Crippen LogP contribution in [0.1, 0.15) is 41.3 Å². The van der Waals surface area contributed by atoms with Crippen LogP contribution in [-0.2, 0) is 4.79 Å². The van der Waals surface area contributed by atoms with E-state index in [1.807, 2.05) is 69.2 Å². The van der Waals surface area contributed by atoms with E-state index in [2.05, 4.69) is 15.5 Å². The van der Waals surface area contributed by atoms with E-state index in [0.29, 0.717) is 28.1 Å². The van der Waals surface area contributed by atoms with E-state index in [1.165, 1.54) is 16.2 Å². The summed E-state index contributed by atoms with van der Waals surface area (Å²) >= 11 is 1.26. The third-order valence-electron chi connectivity index (χ3n) is 6.76. The first kappa shape index (κ1) is 26.2. The van der Waals surface area contributed by atoms with Gasteiger partial charge in [0.25, 0.3) is 5.91 Å². The van der Waals surface area contributed by atoms with Crippen LogP contribution in [0.5, 0.6) is 11.8 Å². The molecule has 4 heterocycles. The maximum Gasteiger partial charge on any atom is 0.253 e. The smallest absolute Gasteiger partial charge is 0.253 e. The van der Waals surface area contributed by atoms with Crippen molar-refractivity contribution in [2.75, 3.05) is 38.4 Å². The molecule has 11 heteroatoms. The number of hydrogen-bond acceptors (Lipinski definition) is 9. The van der Waals surface area contributed by atoms with Gasteiger partial charge in [-0.1, -0.05) is 43.4 Å². The number of nitrogens with one attached hydrogen (secondary N) is 1. The van der Waals surface area contributed by atoms with E-state index in [-0.39, 0.29) is 11.8 Å². The average molecular weight is 544 g/mol. The molecule has 10 nitrogen and oxygen atoms in total. The molecule has 0 aliphatic carbocycles. The normalized spacial score (nSPS) is 14.1. The van der Waals surface area contributed by atoms with Gasteiger partial charge in [-0.25, -0.2) is 4.98 Å². The van der Waals surface area contributed by atoms with Gasteiger partial charge < -0.3 is 19.9 Å². The van der Waals surface area contributed by atoms with Crippen LogP contribution in [0.15, 0.2) is 54.0 Å². The Hall–Kier alpha value is -4.38. The van der Waals surface area contributed by atoms with Crippen molar-refractivity contribution < 1.29 is 14.3 Å². The number of ether oxygens (including phenoxy) is 1. The molecule has 0 spiro atoms. The summed E-state index contributed by atoms with van der Waals surface area (Å²) in [6.07, 6.45) is 0. The summed E-state index contributed by atoms with van der Waals surface area (Å²) in [5.41, 5.74) is 4.34. The highest BCUT2D eigenvalue weighted by Crippen LogP contribution is 2.51. The Morgan fingerprint density at radius 1 is 0.923 bits per heavy atom. The minimum absolute atomic E-state index is 0.0699. The first-order valence-corrected chi connectivity index (χ1v) is 13.2. The lowest BCUT2D eigenvalue weighted by molar-refractivity contribution is -0.124. The predicted octanol–water partition coefficient (Wildman–Crippen LogP) is 4.67. The zero-order valence-corrected chi connectivity index (χ0v) is 23.4. The Kier molecular flexibility index (Phi) is 6.77. The lowest BCUT2D eigenvalue weighted by Crippen LogP contribution is -2.38. The van der Waals surface area contributed by atoms with E-state index in [0.717, 1.165) is 22.5 Å². The van der Waals surface area contributed by atoms with Crippen molar-refractivity contribution in [3.05, 3.63) is 70.7 Å². The molecule has 1 aliphatic heterocycles. The highest BCUT2D eigenvalue weighted by molar-refractivity contribution is 7.13. The van der Waals surface area contributed by atoms with Gasteiger partial charge in [-0.3, -0.25) is 9.59 Å². The standard InChI is InChI=1S/C28H29N7O3S/c1-28(2,26(37)32-27-33-29-15-39-27)22-18-11-13-20(16-7-9-17(10-8-16)25(36)35(5)6)30-23(18)38-24-19(22)12-14-21(31-24)34(3)4/h7-15,22H,1-6H3,(H,32,33,37). The quantitative estimate of drug-likeness (QED) is 0.373. The second-order valence-electron chi connectivity index (χ2n) is 10.3. The van der Waals surface area contributed by atoms with Crippen LogP contribution in [0.25, 0.3) is 11.3 Å². The number of amides is 2. The van der Waals surface area contributed by atoms with Crippen LogP contribution < -0.4 is 15.0 Å². The molecule has 0 saturated carbocycles. The molecule has 1 aromatic carbocycles. The first-order valence-electron chi connectivity index (χ1n) is 12.3. The predicted molar refractivity (Wildman–Crippen MR) is 150 cm³/mol. The van der Waals surface area contributed by atoms with Gasteiger partial charge in [-0.05, 0) is 30.3 Å². The molecular weight excluding hydrogens is 514 g/mol. The minimum Gasteiger partial charge on any atom is -0.420 e. The molecule has 3 aromatic heterocycles. The summed E-state index contributed by atoms with van der Waals surface area (Å²) in [6, 6.07) is 15.0. The Morgan fingerprint density at radius 3 is 2.21 bits per heavy atom. The molecule has 5 rings (SSSR count). The number of hydrogen-bond donors (Lipinski definition) is 1. The van der Waals surface area contributed by atoms with E-state index < -0.39 is 11.3 Å². The monoisotopic (exact) mass is 543 g/mol. The Morgan fingerprint density at radius 2 is 1.59 bits per heavy atom. The van der Waals surface area contributed by atoms with Gasteiger partial charge in [0.2, 0.25) is 22.8 Å². The summed E-state index contributed by atoms with van der Waals surface area (Å²) in [5, 5.41) is 11.1. The molecule has 2 amide bonds. The van der Waals surface area contributed by atoms with Gasteiger partial charge in [0, 0.05) is 56.4 Å². The number of pyridine rings is 2. The van der Waals surface area contributed by atoms with Gasteiger partial charge >= 0.3 is 0 Å². The van der Waals surface area contributed by atoms with Crippen molar-refractivity contribution in [1.82, 2.24) is 25.1 Å². The Balaban J connectivity index is 1.57. The van der Waals surface area contributed by atoms with E-state index in [1.54, 1.807) is 31.7 Å². The molecule has 200 valence electrons. The molecule has 1 atom stereocenters. The lowest BCUT2D eigenvalue weighted by Gasteiger charge is -2.37. The van der Waals surface area contributed by atoms with E-state index >= 15 is 0 Å². The Labute approximate surface area is 230 Å². The molecule has 0 saturated heterocycles. The largest absolute Gasteiger partial charge is 0.420 e. The first-order chi connectivity index (χ1) is 18.6. The van der Waals surface area contributed by atoms with Crippen molar-refractivity contribution in [2.24, 2.45) is 5.41 Å². The van der Waals surface area contributed by atoms with Crippen LogP contribution in [0, 0.1) is 5.41 Å². The summed E-state index contributed by atoms with van der Waals surface area (Å²) in [4.78, 5) is 38.9. The molecule has 0 bridgehead atoms. The molecule has 39 heavy (non-hydrogen) atoms. The minimum atomic E-state index is -0.919. The van der Waals surface area contributed by atoms with Crippen molar-refractivity contribution in [3.8, 4) is 23.0 Å². The third-order valence-corrected chi connectivity index (χ3v) is 7.37. The maximum atomic E-state index is 13.6. The maximum absolute atomic E-state index is 13.6. The number of carbonyl (C=O) groups excluding carboxylic acids is 2. The fourth-order valence-electron chi connectivity index (χ4n) is 4.60. The Bertz CT molecular complexity index is 1530. The SMILES string of the molecule is CN(C)C(=O)c1ccc(-c2ccc3c(n2)Oc2nc(N(C)C)ccc2C3C(C)(C)C(=O)Nc2nncs2)cc1. The average Bonchev–Trinajstić information content (AvgIpc) is 3.43. The van der Waals surface area contributed by atoms with Gasteiger partial charge in [-0.15, -0.1) is 10.2 Å². The van der Waals surface area contributed by atoms with Crippen LogP contribution in [0.3, 0.4) is 0 Å². The van der Waals surface area contributed by atoms with Gasteiger partial charge in [-0.2, -0.15) is 4.98 Å². The summed E-state index contributed by atoms with van der Waals surface area (Å²) in [5.74, 6) is 0.856. The molecule has 4 aromatic rings. The summed E-state index contributed by atoms with van der Waals surface area (Å²) in [7, 11) is 7.25. The number of nitrogens with zero attached hydrogens (tertiary/aromatic N) is 6. The van der Waals surface area contributed by atoms with Crippen molar-refractivity contribution in [1.29, 1.82) is 0 Å². The number of benzene rings is 1. The van der Waals surface area contributed by atoms with Crippen LogP contribution in [-0.4, -0.2) is 65.1 Å². The highest BCUT2D eigenvalue weighted by Gasteiger charge is 2.45. The van der Waals surface area contributed by atoms with E-state index in [9.17, 15) is 9.59 Å². The molecule has 1 aliphatic rings. The van der Waals surface area contributed by atoms with Gasteiger partial charge in [0.05, 0.1) is 11.1 Å². The highest BCUT2D eigenvalue weighted by atomic mass is 32.1. The van der Waals surface area contributed by atoms with Crippen LogP contribution >= 0.6 is 11.3 Å². The fraction of sp³-hybridized carbons (Fsp3) is 0.286. The third kappa shape index (κ3) is 4.92. The number of carbonyl (C=O) groups is 2. The number of anilines is 2. The number of fused-ring (bicyclic) bond motifs is 2. The van der Waals surface area contributed by atoms with Crippen molar-refractivity contribution in [3.63, 3.8) is 0 Å². The topological polar surface area (TPSA) is 113 Å². The van der Waals surface area contributed by atoms with Crippen molar-refractivity contribution >= 4 is 34.1 Å². The second kappa shape index (κ2) is 10.1. The molecule has 1 N–H and O–H groups in total. The molecular formula is C28H29N7O3S. The summed E-state index contributed by atoms with van der Waals surface area (Å²) < 4.78 is 6.27. The summed E-state index contributed by atoms with van der Waals surface area (Å²) in [6.45, 7) is 3.78. The second-order valence-corrected chi connectivity index (χ2v) is 11.1. The van der Waals surface area contributed by atoms with Crippen molar-refractivity contribution in [2.45, 2.75) is 19.8 Å². The number of aromatic nitrogens is 4. The zero-order valence-electron chi connectivity index (χ0n) is 22.6.